The lowest BCUT2D eigenvalue weighted by Crippen LogP contribution is -2.24. The number of rotatable bonds is 6. The lowest BCUT2D eigenvalue weighted by molar-refractivity contribution is -0.116. The molecule has 3 aromatic rings. The maximum absolute atomic E-state index is 12.6. The fraction of sp³-hybridized carbons (Fsp3) is 0.304. The fourth-order valence-electron chi connectivity index (χ4n) is 3.81. The number of carbonyl (C=O) groups excluding carboxylic acids is 1. The van der Waals surface area contributed by atoms with Crippen LogP contribution >= 0.6 is 11.6 Å². The highest BCUT2D eigenvalue weighted by Gasteiger charge is 2.31. The lowest BCUT2D eigenvalue weighted by Gasteiger charge is -2.25. The summed E-state index contributed by atoms with van der Waals surface area (Å²) in [5.41, 5.74) is 3.69. The molecular formula is C23H24ClN3O3. The highest BCUT2D eigenvalue weighted by molar-refractivity contribution is 6.31. The maximum Gasteiger partial charge on any atom is 0.226 e. The molecule has 1 unspecified atom stereocenters. The predicted molar refractivity (Wildman–Crippen MR) is 117 cm³/mol. The second-order valence-electron chi connectivity index (χ2n) is 7.12. The van der Waals surface area contributed by atoms with Gasteiger partial charge >= 0.3 is 0 Å². The molecule has 0 saturated carbocycles. The van der Waals surface area contributed by atoms with Crippen molar-refractivity contribution in [2.45, 2.75) is 33.1 Å². The molecule has 1 aliphatic heterocycles. The zero-order chi connectivity index (χ0) is 21.3. The van der Waals surface area contributed by atoms with Crippen molar-refractivity contribution in [1.82, 2.24) is 9.78 Å². The minimum Gasteiger partial charge on any atom is -0.490 e. The van der Waals surface area contributed by atoms with Gasteiger partial charge in [-0.3, -0.25) is 4.79 Å². The highest BCUT2D eigenvalue weighted by atomic mass is 35.5. The Morgan fingerprint density at radius 1 is 1.17 bits per heavy atom. The summed E-state index contributed by atoms with van der Waals surface area (Å²) in [7, 11) is 0. The SMILES string of the molecule is CCOc1ccc(C2CC(=O)Nc3c2cnn3-c2cccc(Cl)c2C)cc1OCC. The first-order valence-corrected chi connectivity index (χ1v) is 10.4. The number of nitrogens with zero attached hydrogens (tertiary/aromatic N) is 2. The molecule has 6 nitrogen and oxygen atoms in total. The molecule has 0 aliphatic carbocycles. The van der Waals surface area contributed by atoms with Gasteiger partial charge in [-0.15, -0.1) is 0 Å². The number of halogens is 1. The molecule has 1 aliphatic rings. The number of nitrogens with one attached hydrogen (secondary N) is 1. The topological polar surface area (TPSA) is 65.4 Å². The smallest absolute Gasteiger partial charge is 0.226 e. The van der Waals surface area contributed by atoms with E-state index in [0.717, 1.165) is 22.4 Å². The Balaban J connectivity index is 1.79. The number of carbonyl (C=O) groups is 1. The molecule has 1 aromatic heterocycles. The summed E-state index contributed by atoms with van der Waals surface area (Å²) in [5.74, 6) is 1.88. The molecule has 2 heterocycles. The number of amides is 1. The second-order valence-corrected chi connectivity index (χ2v) is 7.53. The molecule has 2 aromatic carbocycles. The number of hydrogen-bond acceptors (Lipinski definition) is 4. The molecule has 0 fully saturated rings. The van der Waals surface area contributed by atoms with Crippen LogP contribution in [0, 0.1) is 6.92 Å². The van der Waals surface area contributed by atoms with E-state index in [0.29, 0.717) is 42.0 Å². The van der Waals surface area contributed by atoms with Crippen molar-refractivity contribution in [2.24, 2.45) is 0 Å². The normalized spacial score (nSPS) is 15.5. The van der Waals surface area contributed by atoms with Crippen LogP contribution in [0.5, 0.6) is 11.5 Å². The van der Waals surface area contributed by atoms with E-state index in [1.807, 2.05) is 63.4 Å². The quantitative estimate of drug-likeness (QED) is 0.596. The van der Waals surface area contributed by atoms with E-state index in [2.05, 4.69) is 10.4 Å². The van der Waals surface area contributed by atoms with Crippen LogP contribution in [0.25, 0.3) is 5.69 Å². The average molecular weight is 426 g/mol. The molecule has 1 N–H and O–H groups in total. The summed E-state index contributed by atoms with van der Waals surface area (Å²) in [6.45, 7) is 6.90. The third-order valence-corrected chi connectivity index (χ3v) is 5.67. The van der Waals surface area contributed by atoms with Gasteiger partial charge in [0.2, 0.25) is 5.91 Å². The average Bonchev–Trinajstić information content (AvgIpc) is 3.14. The Bertz CT molecular complexity index is 1090. The van der Waals surface area contributed by atoms with Crippen LogP contribution in [0.1, 0.15) is 42.9 Å². The van der Waals surface area contributed by atoms with Crippen molar-refractivity contribution in [3.63, 3.8) is 0 Å². The van der Waals surface area contributed by atoms with Crippen molar-refractivity contribution in [3.05, 3.63) is 64.3 Å². The zero-order valence-electron chi connectivity index (χ0n) is 17.2. The van der Waals surface area contributed by atoms with Gasteiger partial charge in [0.1, 0.15) is 5.82 Å². The van der Waals surface area contributed by atoms with Gasteiger partial charge in [-0.25, -0.2) is 4.68 Å². The van der Waals surface area contributed by atoms with E-state index in [9.17, 15) is 4.79 Å². The fourth-order valence-corrected chi connectivity index (χ4v) is 3.98. The van der Waals surface area contributed by atoms with E-state index >= 15 is 0 Å². The number of aromatic nitrogens is 2. The number of anilines is 1. The van der Waals surface area contributed by atoms with Gasteiger partial charge < -0.3 is 14.8 Å². The molecule has 0 spiro atoms. The first kappa shape index (κ1) is 20.3. The van der Waals surface area contributed by atoms with Crippen molar-refractivity contribution >= 4 is 23.3 Å². The lowest BCUT2D eigenvalue weighted by atomic mass is 9.87. The largest absolute Gasteiger partial charge is 0.490 e. The summed E-state index contributed by atoms with van der Waals surface area (Å²) in [6, 6.07) is 11.5. The van der Waals surface area contributed by atoms with Crippen molar-refractivity contribution in [1.29, 1.82) is 0 Å². The van der Waals surface area contributed by atoms with Crippen LogP contribution in [0.15, 0.2) is 42.6 Å². The molecular weight excluding hydrogens is 402 g/mol. The van der Waals surface area contributed by atoms with Crippen LogP contribution in [-0.4, -0.2) is 28.9 Å². The predicted octanol–water partition coefficient (Wildman–Crippen LogP) is 5.11. The summed E-state index contributed by atoms with van der Waals surface area (Å²) < 4.78 is 13.2. The van der Waals surface area contributed by atoms with Crippen molar-refractivity contribution < 1.29 is 14.3 Å². The van der Waals surface area contributed by atoms with E-state index in [1.54, 1.807) is 4.68 Å². The Morgan fingerprint density at radius 3 is 2.70 bits per heavy atom. The highest BCUT2D eigenvalue weighted by Crippen LogP contribution is 2.41. The van der Waals surface area contributed by atoms with Crippen LogP contribution in [-0.2, 0) is 4.79 Å². The molecule has 0 saturated heterocycles. The monoisotopic (exact) mass is 425 g/mol. The zero-order valence-corrected chi connectivity index (χ0v) is 18.0. The molecule has 0 radical (unpaired) electrons. The number of fused-ring (bicyclic) bond motifs is 1. The molecule has 7 heteroatoms. The molecule has 0 bridgehead atoms. The summed E-state index contributed by atoms with van der Waals surface area (Å²) in [5, 5.41) is 8.22. The third kappa shape index (κ3) is 3.63. The Kier molecular flexibility index (Phi) is 5.68. The molecule has 1 amide bonds. The van der Waals surface area contributed by atoms with Gasteiger partial charge in [-0.2, -0.15) is 5.10 Å². The van der Waals surface area contributed by atoms with Gasteiger partial charge in [0.25, 0.3) is 0 Å². The Hall–Kier alpha value is -2.99. The van der Waals surface area contributed by atoms with E-state index in [-0.39, 0.29) is 11.8 Å². The Labute approximate surface area is 180 Å². The second kappa shape index (κ2) is 8.40. The molecule has 1 atom stereocenters. The van der Waals surface area contributed by atoms with Crippen molar-refractivity contribution in [3.8, 4) is 17.2 Å². The standard InChI is InChI=1S/C23H24ClN3O3/c1-4-29-20-10-9-15(11-21(20)30-5-2)16-12-22(28)26-23-17(16)13-25-27(23)19-8-6-7-18(24)14(19)3/h6-11,13,16H,4-5,12H2,1-3H3,(H,26,28). The Morgan fingerprint density at radius 2 is 1.93 bits per heavy atom. The molecule has 30 heavy (non-hydrogen) atoms. The van der Waals surface area contributed by atoms with E-state index < -0.39 is 0 Å². The van der Waals surface area contributed by atoms with Crippen molar-refractivity contribution in [2.75, 3.05) is 18.5 Å². The van der Waals surface area contributed by atoms with Gasteiger partial charge in [0.15, 0.2) is 11.5 Å². The third-order valence-electron chi connectivity index (χ3n) is 5.26. The number of benzene rings is 2. The minimum absolute atomic E-state index is 0.0548. The molecule has 4 rings (SSSR count). The maximum atomic E-state index is 12.6. The number of hydrogen-bond donors (Lipinski definition) is 1. The van der Waals surface area contributed by atoms with E-state index in [4.69, 9.17) is 21.1 Å². The first-order chi connectivity index (χ1) is 14.5. The van der Waals surface area contributed by atoms with Gasteiger partial charge in [-0.05, 0) is 56.2 Å². The van der Waals surface area contributed by atoms with Crippen LogP contribution in [0.2, 0.25) is 5.02 Å². The first-order valence-electron chi connectivity index (χ1n) is 10.1. The van der Waals surface area contributed by atoms with E-state index in [1.165, 1.54) is 0 Å². The minimum atomic E-state index is -0.128. The van der Waals surface area contributed by atoms with Crippen LogP contribution in [0.4, 0.5) is 5.82 Å². The van der Waals surface area contributed by atoms with Crippen LogP contribution in [0.3, 0.4) is 0 Å². The van der Waals surface area contributed by atoms with Crippen LogP contribution < -0.4 is 14.8 Å². The van der Waals surface area contributed by atoms with Gasteiger partial charge in [0.05, 0.1) is 25.1 Å². The van der Waals surface area contributed by atoms with Gasteiger partial charge in [0, 0.05) is 22.9 Å². The summed E-state index contributed by atoms with van der Waals surface area (Å²) >= 11 is 6.30. The summed E-state index contributed by atoms with van der Waals surface area (Å²) in [4.78, 5) is 12.6. The summed E-state index contributed by atoms with van der Waals surface area (Å²) in [6.07, 6.45) is 2.16. The molecule has 156 valence electrons. The van der Waals surface area contributed by atoms with Gasteiger partial charge in [-0.1, -0.05) is 23.7 Å². The number of ether oxygens (including phenoxy) is 2.